The lowest BCUT2D eigenvalue weighted by Crippen LogP contribution is -2.40. The van der Waals surface area contributed by atoms with Crippen LogP contribution in [0.2, 0.25) is 0 Å². The van der Waals surface area contributed by atoms with Crippen molar-refractivity contribution in [1.82, 2.24) is 4.31 Å². The summed E-state index contributed by atoms with van der Waals surface area (Å²) < 4.78 is 38.4. The van der Waals surface area contributed by atoms with Crippen molar-refractivity contribution < 1.29 is 22.7 Å². The van der Waals surface area contributed by atoms with E-state index >= 15 is 0 Å². The molecule has 0 saturated carbocycles. The molecular weight excluding hydrogens is 424 g/mol. The van der Waals surface area contributed by atoms with Crippen LogP contribution >= 0.6 is 11.8 Å². The molecule has 0 spiro atoms. The van der Waals surface area contributed by atoms with Crippen molar-refractivity contribution in [3.63, 3.8) is 0 Å². The van der Waals surface area contributed by atoms with Gasteiger partial charge in [-0.1, -0.05) is 18.2 Å². The van der Waals surface area contributed by atoms with Crippen molar-refractivity contribution in [2.45, 2.75) is 23.1 Å². The van der Waals surface area contributed by atoms with Crippen LogP contribution in [0.3, 0.4) is 0 Å². The summed E-state index contributed by atoms with van der Waals surface area (Å²) >= 11 is 1.60. The van der Waals surface area contributed by atoms with E-state index < -0.39 is 10.0 Å². The van der Waals surface area contributed by atoms with Gasteiger partial charge in [0, 0.05) is 35.8 Å². The highest BCUT2D eigenvalue weighted by atomic mass is 32.2. The van der Waals surface area contributed by atoms with Crippen molar-refractivity contribution in [2.75, 3.05) is 44.0 Å². The predicted molar refractivity (Wildman–Crippen MR) is 118 cm³/mol. The number of nitrogens with zero attached hydrogens (tertiary/aromatic N) is 1. The largest absolute Gasteiger partial charge is 0.492 e. The molecule has 9 heteroatoms. The summed E-state index contributed by atoms with van der Waals surface area (Å²) in [4.78, 5) is 13.5. The fourth-order valence-electron chi connectivity index (χ4n) is 2.99. The number of hydrogen-bond acceptors (Lipinski definition) is 6. The van der Waals surface area contributed by atoms with Crippen LogP contribution in [-0.2, 0) is 19.6 Å². The molecule has 1 saturated heterocycles. The van der Waals surface area contributed by atoms with Crippen LogP contribution in [-0.4, -0.2) is 57.3 Å². The van der Waals surface area contributed by atoms with Crippen molar-refractivity contribution >= 4 is 33.4 Å². The van der Waals surface area contributed by atoms with Crippen LogP contribution in [0.25, 0.3) is 0 Å². The molecule has 1 fully saturated rings. The van der Waals surface area contributed by atoms with Crippen LogP contribution in [0.4, 0.5) is 5.69 Å². The van der Waals surface area contributed by atoms with Crippen molar-refractivity contribution in [3.05, 3.63) is 48.5 Å². The first-order chi connectivity index (χ1) is 14.5. The van der Waals surface area contributed by atoms with Gasteiger partial charge in [0.05, 0.1) is 19.8 Å². The molecule has 0 aliphatic carbocycles. The first-order valence-corrected chi connectivity index (χ1v) is 12.3. The number of morpholine rings is 1. The Labute approximate surface area is 181 Å². The summed E-state index contributed by atoms with van der Waals surface area (Å²) in [5.74, 6) is 0.741. The molecule has 0 unspecified atom stereocenters. The molecule has 0 aromatic heterocycles. The monoisotopic (exact) mass is 450 g/mol. The molecule has 2 aromatic carbocycles. The van der Waals surface area contributed by atoms with Crippen LogP contribution in [0, 0.1) is 0 Å². The van der Waals surface area contributed by atoms with E-state index in [-0.39, 0.29) is 16.6 Å². The molecule has 0 radical (unpaired) electrons. The lowest BCUT2D eigenvalue weighted by molar-refractivity contribution is -0.115. The second-order valence-corrected chi connectivity index (χ2v) is 9.65. The summed E-state index contributed by atoms with van der Waals surface area (Å²) in [7, 11) is -3.75. The predicted octanol–water partition coefficient (Wildman–Crippen LogP) is 3.23. The minimum absolute atomic E-state index is 0.0581. The maximum absolute atomic E-state index is 13.1. The van der Waals surface area contributed by atoms with Gasteiger partial charge in [-0.05, 0) is 37.3 Å². The Kier molecular flexibility index (Phi) is 8.15. The zero-order valence-corrected chi connectivity index (χ0v) is 18.5. The SMILES string of the molecule is CCOc1ccc(NC(=O)CCSc2ccccc2)cc1S(=O)(=O)N1CCOCC1. The fraction of sp³-hybridized carbons (Fsp3) is 0.381. The fourth-order valence-corrected chi connectivity index (χ4v) is 5.43. The minimum atomic E-state index is -3.75. The van der Waals surface area contributed by atoms with Gasteiger partial charge >= 0.3 is 0 Å². The summed E-state index contributed by atoms with van der Waals surface area (Å²) in [5.41, 5.74) is 0.431. The van der Waals surface area contributed by atoms with Gasteiger partial charge in [-0.3, -0.25) is 4.79 Å². The molecule has 2 aromatic rings. The van der Waals surface area contributed by atoms with E-state index in [2.05, 4.69) is 5.32 Å². The Morgan fingerprint density at radius 1 is 1.17 bits per heavy atom. The summed E-state index contributed by atoms with van der Waals surface area (Å²) in [6.45, 7) is 3.44. The van der Waals surface area contributed by atoms with Gasteiger partial charge in [0.2, 0.25) is 15.9 Å². The van der Waals surface area contributed by atoms with E-state index in [0.29, 0.717) is 50.8 Å². The number of sulfonamides is 1. The Morgan fingerprint density at radius 2 is 1.90 bits per heavy atom. The first-order valence-electron chi connectivity index (χ1n) is 9.83. The number of rotatable bonds is 9. The molecule has 1 amide bonds. The van der Waals surface area contributed by atoms with Gasteiger partial charge < -0.3 is 14.8 Å². The van der Waals surface area contributed by atoms with Gasteiger partial charge in [-0.15, -0.1) is 11.8 Å². The van der Waals surface area contributed by atoms with Crippen LogP contribution < -0.4 is 10.1 Å². The van der Waals surface area contributed by atoms with Gasteiger partial charge in [0.25, 0.3) is 0 Å². The summed E-state index contributed by atoms with van der Waals surface area (Å²) in [5, 5.41) is 2.80. The number of carbonyl (C=O) groups is 1. The lowest BCUT2D eigenvalue weighted by atomic mass is 10.3. The quantitative estimate of drug-likeness (QED) is 0.591. The maximum Gasteiger partial charge on any atom is 0.246 e. The number of hydrogen-bond donors (Lipinski definition) is 1. The maximum atomic E-state index is 13.1. The molecule has 30 heavy (non-hydrogen) atoms. The van der Waals surface area contributed by atoms with Gasteiger partial charge in [0.1, 0.15) is 10.6 Å². The molecule has 3 rings (SSSR count). The zero-order valence-electron chi connectivity index (χ0n) is 16.9. The lowest BCUT2D eigenvalue weighted by Gasteiger charge is -2.27. The molecule has 0 bridgehead atoms. The summed E-state index contributed by atoms with van der Waals surface area (Å²) in [6.07, 6.45) is 0.318. The molecule has 1 aliphatic rings. The van der Waals surface area contributed by atoms with Crippen LogP contribution in [0.5, 0.6) is 5.75 Å². The third kappa shape index (κ3) is 5.98. The number of amides is 1. The number of carbonyl (C=O) groups excluding carboxylic acids is 1. The smallest absolute Gasteiger partial charge is 0.246 e. The van der Waals surface area contributed by atoms with E-state index in [1.54, 1.807) is 30.8 Å². The Balaban J connectivity index is 1.69. The molecule has 7 nitrogen and oxygen atoms in total. The third-order valence-corrected chi connectivity index (χ3v) is 7.39. The van der Waals surface area contributed by atoms with E-state index in [1.165, 1.54) is 10.4 Å². The molecule has 162 valence electrons. The standard InChI is InChI=1S/C21H26N2O5S2/c1-2-28-19-9-8-17(16-20(19)30(25,26)23-11-13-27-14-12-23)22-21(24)10-15-29-18-6-4-3-5-7-18/h3-9,16H,2,10-15H2,1H3,(H,22,24). The normalized spacial score (nSPS) is 15.0. The molecule has 1 aliphatic heterocycles. The Hall–Kier alpha value is -2.07. The first kappa shape index (κ1) is 22.6. The topological polar surface area (TPSA) is 84.9 Å². The number of ether oxygens (including phenoxy) is 2. The third-order valence-electron chi connectivity index (χ3n) is 4.46. The number of thioether (sulfide) groups is 1. The second-order valence-electron chi connectivity index (χ2n) is 6.57. The van der Waals surface area contributed by atoms with E-state index in [9.17, 15) is 13.2 Å². The molecule has 1 heterocycles. The highest BCUT2D eigenvalue weighted by Gasteiger charge is 2.29. The zero-order chi connectivity index (χ0) is 21.4. The van der Waals surface area contributed by atoms with Crippen molar-refractivity contribution in [2.24, 2.45) is 0 Å². The van der Waals surface area contributed by atoms with Gasteiger partial charge in [0.15, 0.2) is 0 Å². The van der Waals surface area contributed by atoms with E-state index in [0.717, 1.165) is 4.90 Å². The minimum Gasteiger partial charge on any atom is -0.492 e. The molecule has 0 atom stereocenters. The van der Waals surface area contributed by atoms with E-state index in [1.807, 2.05) is 30.3 Å². The molecule has 1 N–H and O–H groups in total. The van der Waals surface area contributed by atoms with Gasteiger partial charge in [-0.2, -0.15) is 4.31 Å². The Bertz CT molecular complexity index is 945. The molecular formula is C21H26N2O5S2. The average molecular weight is 451 g/mol. The highest BCUT2D eigenvalue weighted by Crippen LogP contribution is 2.30. The van der Waals surface area contributed by atoms with Crippen molar-refractivity contribution in [1.29, 1.82) is 0 Å². The highest BCUT2D eigenvalue weighted by molar-refractivity contribution is 7.99. The Morgan fingerprint density at radius 3 is 2.60 bits per heavy atom. The van der Waals surface area contributed by atoms with Gasteiger partial charge in [-0.25, -0.2) is 8.42 Å². The van der Waals surface area contributed by atoms with Crippen molar-refractivity contribution in [3.8, 4) is 5.75 Å². The number of anilines is 1. The summed E-state index contributed by atoms with van der Waals surface area (Å²) in [6, 6.07) is 14.6. The number of nitrogens with one attached hydrogen (secondary N) is 1. The van der Waals surface area contributed by atoms with Crippen LogP contribution in [0.1, 0.15) is 13.3 Å². The average Bonchev–Trinajstić information content (AvgIpc) is 2.76. The van der Waals surface area contributed by atoms with Crippen LogP contribution in [0.15, 0.2) is 58.3 Å². The number of benzene rings is 2. The second kappa shape index (κ2) is 10.8. The van der Waals surface area contributed by atoms with E-state index in [4.69, 9.17) is 9.47 Å².